The molecule has 0 aliphatic carbocycles. The van der Waals surface area contributed by atoms with Crippen molar-refractivity contribution in [1.82, 2.24) is 14.9 Å². The Morgan fingerprint density at radius 2 is 2.07 bits per heavy atom. The number of rotatable bonds is 4. The Bertz CT molecular complexity index is 1160. The van der Waals surface area contributed by atoms with Crippen molar-refractivity contribution in [3.8, 4) is 11.1 Å². The van der Waals surface area contributed by atoms with Gasteiger partial charge >= 0.3 is 0 Å². The van der Waals surface area contributed by atoms with Gasteiger partial charge in [0.2, 0.25) is 0 Å². The molecule has 1 fully saturated rings. The average Bonchev–Trinajstić information content (AvgIpc) is 3.42. The summed E-state index contributed by atoms with van der Waals surface area (Å²) in [6, 6.07) is 12.3. The summed E-state index contributed by atoms with van der Waals surface area (Å²) in [5.41, 5.74) is 1.82. The zero-order valence-electron chi connectivity index (χ0n) is 15.0. The molecule has 1 aliphatic heterocycles. The summed E-state index contributed by atoms with van der Waals surface area (Å²) < 4.78 is 0. The highest BCUT2D eigenvalue weighted by molar-refractivity contribution is 7.17. The molecule has 1 saturated heterocycles. The molecule has 0 unspecified atom stereocenters. The monoisotopic (exact) mass is 427 g/mol. The molecule has 0 saturated carbocycles. The van der Waals surface area contributed by atoms with Crippen LogP contribution in [0, 0.1) is 0 Å². The molecule has 4 nitrogen and oxygen atoms in total. The second-order valence-corrected chi connectivity index (χ2v) is 9.27. The molecule has 3 aromatic heterocycles. The maximum absolute atomic E-state index is 12.9. The smallest absolute Gasteiger partial charge is 0.260 e. The molecule has 142 valence electrons. The van der Waals surface area contributed by atoms with Crippen molar-refractivity contribution in [3.63, 3.8) is 0 Å². The minimum absolute atomic E-state index is 0.0712. The van der Waals surface area contributed by atoms with Crippen LogP contribution in [0.1, 0.15) is 29.6 Å². The van der Waals surface area contributed by atoms with E-state index in [9.17, 15) is 4.79 Å². The normalized spacial score (nSPS) is 17.5. The quantitative estimate of drug-likeness (QED) is 0.454. The number of likely N-dealkylation sites (tertiary alicyclic amines) is 1. The molecule has 7 heteroatoms. The Morgan fingerprint density at radius 3 is 2.86 bits per heavy atom. The number of hydrogen-bond acceptors (Lipinski definition) is 5. The molecule has 1 aliphatic rings. The fourth-order valence-corrected chi connectivity index (χ4v) is 5.91. The second-order valence-electron chi connectivity index (χ2n) is 6.99. The molecule has 1 aromatic carbocycles. The van der Waals surface area contributed by atoms with Gasteiger partial charge in [-0.3, -0.25) is 9.69 Å². The van der Waals surface area contributed by atoms with E-state index in [0.29, 0.717) is 23.0 Å². The third-order valence-electron chi connectivity index (χ3n) is 5.24. The van der Waals surface area contributed by atoms with Gasteiger partial charge < -0.3 is 4.98 Å². The molecule has 4 aromatic rings. The van der Waals surface area contributed by atoms with Crippen molar-refractivity contribution < 1.29 is 0 Å². The Morgan fingerprint density at radius 1 is 1.21 bits per heavy atom. The van der Waals surface area contributed by atoms with Gasteiger partial charge in [-0.25, -0.2) is 4.98 Å². The summed E-state index contributed by atoms with van der Waals surface area (Å²) >= 11 is 9.31. The lowest BCUT2D eigenvalue weighted by Crippen LogP contribution is -2.25. The van der Waals surface area contributed by atoms with Crippen LogP contribution in [0.25, 0.3) is 21.3 Å². The zero-order valence-corrected chi connectivity index (χ0v) is 17.4. The van der Waals surface area contributed by atoms with Crippen LogP contribution >= 0.6 is 34.3 Å². The molecular formula is C21H18ClN3OS2. The Kier molecular flexibility index (Phi) is 4.80. The first kappa shape index (κ1) is 18.1. The molecule has 1 N–H and O–H groups in total. The predicted molar refractivity (Wildman–Crippen MR) is 117 cm³/mol. The molecule has 0 bridgehead atoms. The maximum Gasteiger partial charge on any atom is 0.260 e. The van der Waals surface area contributed by atoms with E-state index in [1.807, 2.05) is 29.6 Å². The van der Waals surface area contributed by atoms with E-state index in [1.165, 1.54) is 22.6 Å². The molecule has 28 heavy (non-hydrogen) atoms. The molecule has 4 heterocycles. The third kappa shape index (κ3) is 3.31. The number of benzene rings is 1. The number of nitrogens with zero attached hydrogens (tertiary/aromatic N) is 2. The number of fused-ring (bicyclic) bond motifs is 1. The number of nitrogens with one attached hydrogen (secondary N) is 1. The standard InChI is InChI=1S/C21H18ClN3OS2/c22-14-7-5-13(6-8-14)15-12-28-21-19(15)20(26)23-18(24-21)11-25-9-1-3-16(25)17-4-2-10-27-17/h2,4-8,10,12,16H,1,3,9,11H2,(H,23,24,26)/t16-/m1/s1. The molecular weight excluding hydrogens is 410 g/mol. The Hall–Kier alpha value is -1.99. The summed E-state index contributed by atoms with van der Waals surface area (Å²) in [6.07, 6.45) is 2.33. The van der Waals surface area contributed by atoms with Gasteiger partial charge in [-0.2, -0.15) is 0 Å². The lowest BCUT2D eigenvalue weighted by Gasteiger charge is -2.22. The third-order valence-corrected chi connectivity index (χ3v) is 7.33. The van der Waals surface area contributed by atoms with Crippen molar-refractivity contribution in [1.29, 1.82) is 0 Å². The van der Waals surface area contributed by atoms with Gasteiger partial charge in [0.1, 0.15) is 10.7 Å². The van der Waals surface area contributed by atoms with Gasteiger partial charge in [-0.05, 0) is 48.5 Å². The van der Waals surface area contributed by atoms with Gasteiger partial charge in [-0.1, -0.05) is 29.8 Å². The number of thiophene rings is 2. The van der Waals surface area contributed by atoms with Crippen molar-refractivity contribution in [2.24, 2.45) is 0 Å². The highest BCUT2D eigenvalue weighted by Crippen LogP contribution is 2.36. The first-order chi connectivity index (χ1) is 13.7. The van der Waals surface area contributed by atoms with Gasteiger partial charge in [0, 0.05) is 26.9 Å². The Balaban J connectivity index is 1.47. The van der Waals surface area contributed by atoms with E-state index in [0.717, 1.165) is 34.7 Å². The number of hydrogen-bond donors (Lipinski definition) is 1. The average molecular weight is 428 g/mol. The van der Waals surface area contributed by atoms with Crippen molar-refractivity contribution in [3.05, 3.63) is 73.2 Å². The molecule has 5 rings (SSSR count). The van der Waals surface area contributed by atoms with Crippen LogP contribution in [0.2, 0.25) is 5.02 Å². The van der Waals surface area contributed by atoms with Crippen LogP contribution < -0.4 is 5.56 Å². The van der Waals surface area contributed by atoms with Gasteiger partial charge in [0.05, 0.1) is 11.9 Å². The number of halogens is 1. The van der Waals surface area contributed by atoms with Crippen LogP contribution in [0.15, 0.2) is 52.0 Å². The van der Waals surface area contributed by atoms with Gasteiger partial charge in [-0.15, -0.1) is 22.7 Å². The highest BCUT2D eigenvalue weighted by Gasteiger charge is 2.27. The lowest BCUT2D eigenvalue weighted by atomic mass is 10.1. The maximum atomic E-state index is 12.9. The van der Waals surface area contributed by atoms with E-state index in [4.69, 9.17) is 16.6 Å². The number of aromatic amines is 1. The second kappa shape index (κ2) is 7.44. The van der Waals surface area contributed by atoms with Gasteiger partial charge in [0.15, 0.2) is 0 Å². The first-order valence-electron chi connectivity index (χ1n) is 9.23. The topological polar surface area (TPSA) is 49.0 Å². The summed E-state index contributed by atoms with van der Waals surface area (Å²) in [7, 11) is 0. The van der Waals surface area contributed by atoms with E-state index >= 15 is 0 Å². The summed E-state index contributed by atoms with van der Waals surface area (Å²) in [5, 5.41) is 5.47. The predicted octanol–water partition coefficient (Wildman–Crippen LogP) is 5.70. The summed E-state index contributed by atoms with van der Waals surface area (Å²) in [5.74, 6) is 0.741. The molecule has 0 radical (unpaired) electrons. The number of H-pyrrole nitrogens is 1. The van der Waals surface area contributed by atoms with Crippen LogP contribution in [0.4, 0.5) is 0 Å². The zero-order chi connectivity index (χ0) is 19.1. The van der Waals surface area contributed by atoms with E-state index in [2.05, 4.69) is 27.4 Å². The minimum Gasteiger partial charge on any atom is -0.309 e. The van der Waals surface area contributed by atoms with Crippen molar-refractivity contribution in [2.45, 2.75) is 25.4 Å². The number of aromatic nitrogens is 2. The van der Waals surface area contributed by atoms with E-state index in [1.54, 1.807) is 11.3 Å². The molecule has 0 amide bonds. The van der Waals surface area contributed by atoms with Crippen molar-refractivity contribution in [2.75, 3.05) is 6.54 Å². The van der Waals surface area contributed by atoms with Crippen LogP contribution in [-0.4, -0.2) is 21.4 Å². The largest absolute Gasteiger partial charge is 0.309 e. The van der Waals surface area contributed by atoms with Crippen molar-refractivity contribution >= 4 is 44.5 Å². The summed E-state index contributed by atoms with van der Waals surface area (Å²) in [4.78, 5) is 25.3. The van der Waals surface area contributed by atoms with Crippen LogP contribution in [-0.2, 0) is 6.54 Å². The SMILES string of the molecule is O=c1[nH]c(CN2CCC[C@@H]2c2cccs2)nc2scc(-c3ccc(Cl)cc3)c12. The molecule has 1 atom stereocenters. The van der Waals surface area contributed by atoms with Crippen LogP contribution in [0.3, 0.4) is 0 Å². The van der Waals surface area contributed by atoms with Gasteiger partial charge in [0.25, 0.3) is 5.56 Å². The first-order valence-corrected chi connectivity index (χ1v) is 11.4. The van der Waals surface area contributed by atoms with E-state index < -0.39 is 0 Å². The Labute approximate surface area is 175 Å². The highest BCUT2D eigenvalue weighted by atomic mass is 35.5. The van der Waals surface area contributed by atoms with Crippen LogP contribution in [0.5, 0.6) is 0 Å². The molecule has 0 spiro atoms. The lowest BCUT2D eigenvalue weighted by molar-refractivity contribution is 0.245. The minimum atomic E-state index is -0.0712. The fraction of sp³-hybridized carbons (Fsp3) is 0.238. The fourth-order valence-electron chi connectivity index (χ4n) is 3.92. The van der Waals surface area contributed by atoms with E-state index in [-0.39, 0.29) is 5.56 Å². The summed E-state index contributed by atoms with van der Waals surface area (Å²) in [6.45, 7) is 1.70.